The molecule has 0 spiro atoms. The first kappa shape index (κ1) is 14.5. The third kappa shape index (κ3) is 4.72. The molecule has 0 aliphatic rings. The van der Waals surface area contributed by atoms with Crippen LogP contribution in [-0.4, -0.2) is 23.2 Å². The number of hydrogen-bond acceptors (Lipinski definition) is 2. The second-order valence-corrected chi connectivity index (χ2v) is 4.97. The van der Waals surface area contributed by atoms with Crippen LogP contribution in [0.5, 0.6) is 0 Å². The largest absolute Gasteiger partial charge is 0.388 e. The first-order valence-electron chi connectivity index (χ1n) is 6.15. The maximum atomic E-state index is 11.6. The quantitative estimate of drug-likeness (QED) is 0.784. The zero-order valence-electron chi connectivity index (χ0n) is 11.2. The van der Waals surface area contributed by atoms with Crippen molar-refractivity contribution in [3.05, 3.63) is 42.0 Å². The Hall–Kier alpha value is -1.61. The molecule has 1 aromatic rings. The summed E-state index contributed by atoms with van der Waals surface area (Å²) < 4.78 is 0. The lowest BCUT2D eigenvalue weighted by Gasteiger charge is -2.27. The molecule has 1 rings (SSSR count). The van der Waals surface area contributed by atoms with Gasteiger partial charge in [0.1, 0.15) is 0 Å². The van der Waals surface area contributed by atoms with Gasteiger partial charge in [-0.15, -0.1) is 0 Å². The van der Waals surface area contributed by atoms with Gasteiger partial charge in [-0.3, -0.25) is 4.79 Å². The molecule has 1 amide bonds. The molecule has 3 heteroatoms. The standard InChI is InChI=1S/C15H21NO2/c1-12(2)15(3,18)11-16-14(17)10-9-13-7-5-4-6-8-13/h4-10,12,18H,11H2,1-3H3,(H,16,17). The Balaban J connectivity index is 2.46. The Bertz CT molecular complexity index is 408. The lowest BCUT2D eigenvalue weighted by molar-refractivity contribution is -0.118. The highest BCUT2D eigenvalue weighted by atomic mass is 16.3. The molecule has 2 N–H and O–H groups in total. The zero-order valence-corrected chi connectivity index (χ0v) is 11.2. The van der Waals surface area contributed by atoms with Crippen LogP contribution < -0.4 is 5.32 Å². The van der Waals surface area contributed by atoms with Crippen LogP contribution in [0.3, 0.4) is 0 Å². The Morgan fingerprint density at radius 3 is 2.56 bits per heavy atom. The summed E-state index contributed by atoms with van der Waals surface area (Å²) in [5.74, 6) is -0.101. The van der Waals surface area contributed by atoms with Crippen LogP contribution in [0.2, 0.25) is 0 Å². The van der Waals surface area contributed by atoms with E-state index in [4.69, 9.17) is 0 Å². The van der Waals surface area contributed by atoms with Gasteiger partial charge >= 0.3 is 0 Å². The van der Waals surface area contributed by atoms with Gasteiger partial charge in [0, 0.05) is 12.6 Å². The Morgan fingerprint density at radius 1 is 1.39 bits per heavy atom. The lowest BCUT2D eigenvalue weighted by atomic mass is 9.92. The second-order valence-electron chi connectivity index (χ2n) is 4.97. The van der Waals surface area contributed by atoms with Gasteiger partial charge < -0.3 is 10.4 Å². The van der Waals surface area contributed by atoms with Crippen molar-refractivity contribution in [2.75, 3.05) is 6.54 Å². The summed E-state index contributed by atoms with van der Waals surface area (Å²) in [6.45, 7) is 5.82. The van der Waals surface area contributed by atoms with Gasteiger partial charge in [-0.25, -0.2) is 0 Å². The number of rotatable bonds is 5. The van der Waals surface area contributed by atoms with E-state index < -0.39 is 5.60 Å². The fourth-order valence-corrected chi connectivity index (χ4v) is 1.27. The van der Waals surface area contributed by atoms with E-state index in [-0.39, 0.29) is 18.4 Å². The minimum atomic E-state index is -0.879. The number of amides is 1. The molecule has 0 aliphatic heterocycles. The molecule has 0 saturated carbocycles. The highest BCUT2D eigenvalue weighted by Gasteiger charge is 2.24. The van der Waals surface area contributed by atoms with Gasteiger partial charge in [-0.2, -0.15) is 0 Å². The third-order valence-electron chi connectivity index (χ3n) is 3.09. The summed E-state index contributed by atoms with van der Waals surface area (Å²) in [7, 11) is 0. The first-order valence-corrected chi connectivity index (χ1v) is 6.15. The number of aliphatic hydroxyl groups is 1. The van der Waals surface area contributed by atoms with Crippen LogP contribution in [0.4, 0.5) is 0 Å². The topological polar surface area (TPSA) is 49.3 Å². The van der Waals surface area contributed by atoms with E-state index in [9.17, 15) is 9.90 Å². The molecule has 0 radical (unpaired) electrons. The van der Waals surface area contributed by atoms with Crippen molar-refractivity contribution >= 4 is 12.0 Å². The molecule has 1 atom stereocenters. The lowest BCUT2D eigenvalue weighted by Crippen LogP contribution is -2.43. The molecule has 98 valence electrons. The van der Waals surface area contributed by atoms with E-state index in [0.29, 0.717) is 0 Å². The normalized spacial score (nSPS) is 14.7. The average molecular weight is 247 g/mol. The number of carbonyl (C=O) groups is 1. The molecule has 3 nitrogen and oxygen atoms in total. The van der Waals surface area contributed by atoms with Gasteiger partial charge in [0.15, 0.2) is 0 Å². The SMILES string of the molecule is CC(C)C(C)(O)CNC(=O)C=Cc1ccccc1. The Labute approximate surface area is 109 Å². The molecular weight excluding hydrogens is 226 g/mol. The average Bonchev–Trinajstić information content (AvgIpc) is 2.35. The van der Waals surface area contributed by atoms with Crippen molar-refractivity contribution in [1.29, 1.82) is 0 Å². The minimum Gasteiger partial charge on any atom is -0.388 e. The van der Waals surface area contributed by atoms with E-state index in [1.807, 2.05) is 44.2 Å². The summed E-state index contributed by atoms with van der Waals surface area (Å²) in [4.78, 5) is 11.6. The van der Waals surface area contributed by atoms with Crippen LogP contribution in [0.25, 0.3) is 6.08 Å². The number of hydrogen-bond donors (Lipinski definition) is 2. The molecular formula is C15H21NO2. The van der Waals surface area contributed by atoms with Crippen LogP contribution in [0, 0.1) is 5.92 Å². The fourth-order valence-electron chi connectivity index (χ4n) is 1.27. The minimum absolute atomic E-state index is 0.0934. The maximum absolute atomic E-state index is 11.6. The fraction of sp³-hybridized carbons (Fsp3) is 0.400. The second kappa shape index (κ2) is 6.36. The summed E-state index contributed by atoms with van der Waals surface area (Å²) in [6.07, 6.45) is 3.23. The van der Waals surface area contributed by atoms with Crippen LogP contribution in [0.15, 0.2) is 36.4 Å². The van der Waals surface area contributed by atoms with Crippen molar-refractivity contribution in [3.63, 3.8) is 0 Å². The van der Waals surface area contributed by atoms with Crippen molar-refractivity contribution in [3.8, 4) is 0 Å². The van der Waals surface area contributed by atoms with Crippen LogP contribution >= 0.6 is 0 Å². The predicted molar refractivity (Wildman–Crippen MR) is 73.9 cm³/mol. The molecule has 0 aromatic heterocycles. The first-order chi connectivity index (χ1) is 8.42. The summed E-state index contributed by atoms with van der Waals surface area (Å²) >= 11 is 0. The molecule has 1 unspecified atom stereocenters. The Kier molecular flexibility index (Phi) is 5.10. The van der Waals surface area contributed by atoms with Crippen LogP contribution in [-0.2, 0) is 4.79 Å². The highest BCUT2D eigenvalue weighted by molar-refractivity contribution is 5.91. The van der Waals surface area contributed by atoms with E-state index in [1.54, 1.807) is 13.0 Å². The molecule has 0 bridgehead atoms. The van der Waals surface area contributed by atoms with Crippen molar-refractivity contribution in [1.82, 2.24) is 5.32 Å². The van der Waals surface area contributed by atoms with Crippen molar-refractivity contribution < 1.29 is 9.90 Å². The highest BCUT2D eigenvalue weighted by Crippen LogP contribution is 2.14. The molecule has 0 saturated heterocycles. The summed E-state index contributed by atoms with van der Waals surface area (Å²) in [5, 5.41) is 12.7. The Morgan fingerprint density at radius 2 is 2.00 bits per heavy atom. The van der Waals surface area contributed by atoms with Gasteiger partial charge in [0.2, 0.25) is 5.91 Å². The monoisotopic (exact) mass is 247 g/mol. The smallest absolute Gasteiger partial charge is 0.244 e. The number of nitrogens with one attached hydrogen (secondary N) is 1. The van der Waals surface area contributed by atoms with E-state index in [0.717, 1.165) is 5.56 Å². The third-order valence-corrected chi connectivity index (χ3v) is 3.09. The molecule has 0 aliphatic carbocycles. The maximum Gasteiger partial charge on any atom is 0.244 e. The van der Waals surface area contributed by atoms with Gasteiger partial charge in [-0.05, 0) is 24.5 Å². The van der Waals surface area contributed by atoms with E-state index >= 15 is 0 Å². The van der Waals surface area contributed by atoms with Crippen molar-refractivity contribution in [2.24, 2.45) is 5.92 Å². The van der Waals surface area contributed by atoms with Crippen molar-refractivity contribution in [2.45, 2.75) is 26.4 Å². The van der Waals surface area contributed by atoms with Gasteiger partial charge in [0.05, 0.1) is 5.60 Å². The predicted octanol–water partition coefficient (Wildman–Crippen LogP) is 2.22. The number of benzene rings is 1. The van der Waals surface area contributed by atoms with E-state index in [2.05, 4.69) is 5.32 Å². The summed E-state index contributed by atoms with van der Waals surface area (Å²) in [6, 6.07) is 9.61. The van der Waals surface area contributed by atoms with Gasteiger partial charge in [-0.1, -0.05) is 44.2 Å². The molecule has 0 heterocycles. The van der Waals surface area contributed by atoms with Gasteiger partial charge in [0.25, 0.3) is 0 Å². The molecule has 18 heavy (non-hydrogen) atoms. The van der Waals surface area contributed by atoms with Crippen LogP contribution in [0.1, 0.15) is 26.3 Å². The number of carbonyl (C=O) groups excluding carboxylic acids is 1. The molecule has 0 fully saturated rings. The molecule has 1 aromatic carbocycles. The summed E-state index contributed by atoms with van der Waals surface area (Å²) in [5.41, 5.74) is 0.0965. The van der Waals surface area contributed by atoms with E-state index in [1.165, 1.54) is 6.08 Å². The zero-order chi connectivity index (χ0) is 13.6.